The lowest BCUT2D eigenvalue weighted by Crippen LogP contribution is -2.52. The van der Waals surface area contributed by atoms with Gasteiger partial charge in [-0.15, -0.1) is 10.2 Å². The molecule has 0 unspecified atom stereocenters. The average Bonchev–Trinajstić information content (AvgIpc) is 3.14. The molecule has 1 heterocycles. The largest absolute Gasteiger partial charge is 0.423 e. The lowest BCUT2D eigenvalue weighted by atomic mass is 9.72. The number of hydrogen-bond acceptors (Lipinski definition) is 4. The van der Waals surface area contributed by atoms with Crippen LogP contribution in [0.15, 0.2) is 65.4 Å². The summed E-state index contributed by atoms with van der Waals surface area (Å²) in [5.41, 5.74) is 2.32. The van der Waals surface area contributed by atoms with Gasteiger partial charge in [-0.3, -0.25) is 0 Å². The minimum Gasteiger partial charge on any atom is -0.423 e. The lowest BCUT2D eigenvalue weighted by Gasteiger charge is -2.43. The Morgan fingerprint density at radius 1 is 1.08 bits per heavy atom. The van der Waals surface area contributed by atoms with Gasteiger partial charge in [0.25, 0.3) is 0 Å². The third kappa shape index (κ3) is 3.10. The molecule has 2 aromatic carbocycles. The Hall–Kier alpha value is -3.15. The first-order valence-corrected chi connectivity index (χ1v) is 8.26. The van der Waals surface area contributed by atoms with E-state index in [0.29, 0.717) is 11.6 Å². The second-order valence-corrected chi connectivity index (χ2v) is 6.21. The monoisotopic (exact) mass is 334 g/mol. The zero-order valence-electron chi connectivity index (χ0n) is 13.6. The second kappa shape index (κ2) is 6.39. The Bertz CT molecular complexity index is 858. The zero-order chi connectivity index (χ0) is 17.1. The van der Waals surface area contributed by atoms with E-state index in [1.165, 1.54) is 6.39 Å². The molecule has 1 saturated carbocycles. The Balaban J connectivity index is 1.48. The van der Waals surface area contributed by atoms with Crippen LogP contribution in [0.2, 0.25) is 0 Å². The van der Waals surface area contributed by atoms with Crippen LogP contribution in [0.25, 0.3) is 11.5 Å². The number of aromatic nitrogens is 2. The zero-order valence-corrected chi connectivity index (χ0v) is 13.6. The number of nitrogens with zero attached hydrogens (tertiary/aromatic N) is 2. The highest BCUT2D eigenvalue weighted by Crippen LogP contribution is 2.41. The first kappa shape index (κ1) is 15.4. The SMILES string of the molecule is O=C(Nc1cccc(-c2nnco2)c1)NC1(c2ccccc2)CCC1. The molecular formula is C19H18N4O2. The molecule has 1 aromatic heterocycles. The predicted octanol–water partition coefficient (Wildman–Crippen LogP) is 3.94. The van der Waals surface area contributed by atoms with Crippen LogP contribution in [0.3, 0.4) is 0 Å². The Morgan fingerprint density at radius 2 is 1.92 bits per heavy atom. The van der Waals surface area contributed by atoms with Gasteiger partial charge in [-0.1, -0.05) is 36.4 Å². The molecule has 0 bridgehead atoms. The minimum atomic E-state index is -0.268. The molecule has 0 aliphatic heterocycles. The maximum Gasteiger partial charge on any atom is 0.319 e. The molecule has 2 amide bonds. The van der Waals surface area contributed by atoms with Crippen LogP contribution in [-0.4, -0.2) is 16.2 Å². The van der Waals surface area contributed by atoms with E-state index < -0.39 is 0 Å². The first-order chi connectivity index (χ1) is 12.3. The summed E-state index contributed by atoms with van der Waals surface area (Å²) in [7, 11) is 0. The van der Waals surface area contributed by atoms with Crippen molar-refractivity contribution in [2.45, 2.75) is 24.8 Å². The lowest BCUT2D eigenvalue weighted by molar-refractivity contribution is 0.185. The number of urea groups is 1. The quantitative estimate of drug-likeness (QED) is 0.757. The smallest absolute Gasteiger partial charge is 0.319 e. The average molecular weight is 334 g/mol. The van der Waals surface area contributed by atoms with Crippen molar-refractivity contribution in [1.82, 2.24) is 15.5 Å². The molecule has 2 N–H and O–H groups in total. The normalized spacial score (nSPS) is 15.2. The van der Waals surface area contributed by atoms with Crippen molar-refractivity contribution in [3.63, 3.8) is 0 Å². The fraction of sp³-hybridized carbons (Fsp3) is 0.211. The fourth-order valence-electron chi connectivity index (χ4n) is 3.18. The van der Waals surface area contributed by atoms with Crippen LogP contribution >= 0.6 is 0 Å². The van der Waals surface area contributed by atoms with Crippen molar-refractivity contribution in [2.24, 2.45) is 0 Å². The van der Waals surface area contributed by atoms with E-state index in [4.69, 9.17) is 4.42 Å². The molecule has 0 radical (unpaired) electrons. The molecule has 0 saturated heterocycles. The van der Waals surface area contributed by atoms with Crippen molar-refractivity contribution in [2.75, 3.05) is 5.32 Å². The van der Waals surface area contributed by atoms with E-state index in [1.54, 1.807) is 0 Å². The standard InChI is InChI=1S/C19H18N4O2/c24-18(22-19(10-5-11-19)15-7-2-1-3-8-15)21-16-9-4-6-14(12-16)17-23-20-13-25-17/h1-4,6-9,12-13H,5,10-11H2,(H2,21,22,24). The van der Waals surface area contributed by atoms with Gasteiger partial charge in [0.1, 0.15) is 0 Å². The van der Waals surface area contributed by atoms with Crippen molar-refractivity contribution in [3.8, 4) is 11.5 Å². The number of carbonyl (C=O) groups excluding carboxylic acids is 1. The van der Waals surface area contributed by atoms with Crippen molar-refractivity contribution in [3.05, 3.63) is 66.6 Å². The number of rotatable bonds is 4. The molecule has 6 heteroatoms. The van der Waals surface area contributed by atoms with Gasteiger partial charge >= 0.3 is 6.03 Å². The van der Waals surface area contributed by atoms with E-state index in [1.807, 2.05) is 42.5 Å². The van der Waals surface area contributed by atoms with E-state index in [2.05, 4.69) is 33.0 Å². The molecule has 0 atom stereocenters. The fourth-order valence-corrected chi connectivity index (χ4v) is 3.18. The van der Waals surface area contributed by atoms with E-state index >= 15 is 0 Å². The van der Waals surface area contributed by atoms with E-state index in [9.17, 15) is 4.79 Å². The van der Waals surface area contributed by atoms with Crippen molar-refractivity contribution >= 4 is 11.7 Å². The van der Waals surface area contributed by atoms with Gasteiger partial charge in [0.2, 0.25) is 12.3 Å². The number of carbonyl (C=O) groups is 1. The first-order valence-electron chi connectivity index (χ1n) is 8.26. The Labute approximate surface area is 145 Å². The molecule has 1 fully saturated rings. The maximum atomic E-state index is 12.5. The summed E-state index contributed by atoms with van der Waals surface area (Å²) in [6, 6.07) is 17.2. The predicted molar refractivity (Wildman–Crippen MR) is 93.9 cm³/mol. The number of amides is 2. The molecule has 0 spiro atoms. The van der Waals surface area contributed by atoms with Crippen LogP contribution in [0.5, 0.6) is 0 Å². The van der Waals surface area contributed by atoms with E-state index in [-0.39, 0.29) is 11.6 Å². The van der Waals surface area contributed by atoms with Gasteiger partial charge in [0, 0.05) is 11.3 Å². The summed E-state index contributed by atoms with van der Waals surface area (Å²) < 4.78 is 5.19. The molecule has 1 aliphatic carbocycles. The summed E-state index contributed by atoms with van der Waals surface area (Å²) in [6.45, 7) is 0. The molecule has 126 valence electrons. The Morgan fingerprint density at radius 3 is 2.60 bits per heavy atom. The van der Waals surface area contributed by atoms with Crippen LogP contribution < -0.4 is 10.6 Å². The van der Waals surface area contributed by atoms with Gasteiger partial charge in [-0.05, 0) is 43.0 Å². The topological polar surface area (TPSA) is 80.1 Å². The molecule has 6 nitrogen and oxygen atoms in total. The van der Waals surface area contributed by atoms with Crippen LogP contribution in [0, 0.1) is 0 Å². The third-order valence-corrected chi connectivity index (χ3v) is 4.61. The van der Waals surface area contributed by atoms with Gasteiger partial charge in [0.15, 0.2) is 0 Å². The molecule has 25 heavy (non-hydrogen) atoms. The highest BCUT2D eigenvalue weighted by Gasteiger charge is 2.39. The summed E-state index contributed by atoms with van der Waals surface area (Å²) in [4.78, 5) is 12.5. The van der Waals surface area contributed by atoms with E-state index in [0.717, 1.165) is 30.4 Å². The number of nitrogens with one attached hydrogen (secondary N) is 2. The Kier molecular flexibility index (Phi) is 3.93. The minimum absolute atomic E-state index is 0.216. The van der Waals surface area contributed by atoms with Gasteiger partial charge in [-0.2, -0.15) is 0 Å². The maximum absolute atomic E-state index is 12.5. The summed E-state index contributed by atoms with van der Waals surface area (Å²) in [5, 5.41) is 13.6. The molecule has 3 aromatic rings. The van der Waals surface area contributed by atoms with Gasteiger partial charge in [0.05, 0.1) is 5.54 Å². The summed E-state index contributed by atoms with van der Waals surface area (Å²) in [5.74, 6) is 0.420. The van der Waals surface area contributed by atoms with Crippen LogP contribution in [0.4, 0.5) is 10.5 Å². The highest BCUT2D eigenvalue weighted by atomic mass is 16.4. The number of benzene rings is 2. The second-order valence-electron chi connectivity index (χ2n) is 6.21. The van der Waals surface area contributed by atoms with Gasteiger partial charge in [-0.25, -0.2) is 4.79 Å². The number of anilines is 1. The molecule has 4 rings (SSSR count). The van der Waals surface area contributed by atoms with Crippen molar-refractivity contribution < 1.29 is 9.21 Å². The molecular weight excluding hydrogens is 316 g/mol. The third-order valence-electron chi connectivity index (χ3n) is 4.61. The van der Waals surface area contributed by atoms with Crippen LogP contribution in [-0.2, 0) is 5.54 Å². The van der Waals surface area contributed by atoms with Crippen molar-refractivity contribution in [1.29, 1.82) is 0 Å². The van der Waals surface area contributed by atoms with Gasteiger partial charge < -0.3 is 15.1 Å². The number of hydrogen-bond donors (Lipinski definition) is 2. The van der Waals surface area contributed by atoms with Crippen LogP contribution in [0.1, 0.15) is 24.8 Å². The highest BCUT2D eigenvalue weighted by molar-refractivity contribution is 5.90. The molecule has 1 aliphatic rings. The summed E-state index contributed by atoms with van der Waals surface area (Å²) >= 11 is 0. The summed E-state index contributed by atoms with van der Waals surface area (Å²) in [6.07, 6.45) is 4.29.